The van der Waals surface area contributed by atoms with Crippen molar-refractivity contribution in [3.05, 3.63) is 84.8 Å². The zero-order valence-corrected chi connectivity index (χ0v) is 35.0. The number of halogens is 3. The largest absolute Gasteiger partial charge is 0.507 e. The number of fused-ring (bicyclic) bond motifs is 9. The molecular weight excluding hydrogens is 876 g/mol. The van der Waals surface area contributed by atoms with Crippen molar-refractivity contribution < 1.29 is 15.3 Å². The molecule has 3 aliphatic carbocycles. The van der Waals surface area contributed by atoms with Gasteiger partial charge in [0.15, 0.2) is 0 Å². The molecule has 0 aromatic heterocycles. The summed E-state index contributed by atoms with van der Waals surface area (Å²) >= 11 is 7.26. The van der Waals surface area contributed by atoms with Crippen LogP contribution in [0.1, 0.15) is 110 Å². The summed E-state index contributed by atoms with van der Waals surface area (Å²) in [5, 5.41) is 34.0. The third-order valence-corrected chi connectivity index (χ3v) is 11.8. The van der Waals surface area contributed by atoms with E-state index in [1.807, 2.05) is 42.5 Å². The third kappa shape index (κ3) is 9.84. The van der Waals surface area contributed by atoms with Gasteiger partial charge < -0.3 is 15.3 Å². The number of hydrogen-bond acceptors (Lipinski definition) is 9. The minimum Gasteiger partial charge on any atom is -0.507 e. The van der Waals surface area contributed by atoms with Crippen LogP contribution >= 0.6 is 48.8 Å². The Labute approximate surface area is 344 Å². The molecule has 3 saturated carbocycles. The molecule has 3 aromatic carbocycles. The fourth-order valence-corrected chi connectivity index (χ4v) is 8.83. The van der Waals surface area contributed by atoms with Gasteiger partial charge in [0.05, 0.1) is 36.3 Å². The second-order valence-electron chi connectivity index (χ2n) is 14.6. The van der Waals surface area contributed by atoms with Gasteiger partial charge in [0.2, 0.25) is 0 Å². The Morgan fingerprint density at radius 2 is 0.611 bits per heavy atom. The maximum absolute atomic E-state index is 11.4. The smallest absolute Gasteiger partial charge is 0.133 e. The molecule has 0 saturated heterocycles. The van der Waals surface area contributed by atoms with Crippen molar-refractivity contribution in [3.63, 3.8) is 0 Å². The van der Waals surface area contributed by atoms with Gasteiger partial charge >= 0.3 is 0 Å². The van der Waals surface area contributed by atoms with Crippen LogP contribution in [0.5, 0.6) is 17.2 Å². The summed E-state index contributed by atoms with van der Waals surface area (Å²) in [4.78, 5) is 29.7. The van der Waals surface area contributed by atoms with Crippen molar-refractivity contribution in [1.82, 2.24) is 0 Å². The Bertz CT molecular complexity index is 1840. The Kier molecular flexibility index (Phi) is 14.1. The van der Waals surface area contributed by atoms with Crippen LogP contribution < -0.4 is 0 Å². The van der Waals surface area contributed by atoms with E-state index < -0.39 is 0 Å². The van der Waals surface area contributed by atoms with E-state index >= 15 is 0 Å². The van der Waals surface area contributed by atoms with Gasteiger partial charge in [-0.05, 0) is 74.9 Å². The lowest BCUT2D eigenvalue weighted by atomic mass is 9.91. The van der Waals surface area contributed by atoms with Crippen molar-refractivity contribution in [2.75, 3.05) is 0 Å². The van der Waals surface area contributed by atoms with Gasteiger partial charge in [0, 0.05) is 79.6 Å². The van der Waals surface area contributed by atoms with Crippen molar-refractivity contribution in [2.45, 2.75) is 113 Å². The van der Waals surface area contributed by atoms with E-state index in [2.05, 4.69) is 31.9 Å². The number of phenolic OH excluding ortho intramolecular Hbond substituents is 3. The van der Waals surface area contributed by atoms with E-state index in [9.17, 15) is 15.3 Å². The van der Waals surface area contributed by atoms with Gasteiger partial charge in [0.1, 0.15) is 17.2 Å². The first kappa shape index (κ1) is 40.2. The standard InChI is InChI=1S/C42H46Br2N6O3.BrH/c43-32-16-28-22-47-36-12-3-1-10-34(36)45-20-26-8-7-9-27(40(26)51)21-46-35-11-2-4-13-37(35)48-23-29-17-33(44)19-31(42(29)53)25-50-39-15-6-5-14-38(39)49-24-30(18-32)41(28)52;/h7-9,16-25,34-39,51-53H,1-6,10-15H2;1H. The van der Waals surface area contributed by atoms with Gasteiger partial charge in [-0.2, -0.15) is 0 Å². The maximum Gasteiger partial charge on any atom is 0.133 e. The molecule has 6 unspecified atom stereocenters. The molecule has 284 valence electrons. The van der Waals surface area contributed by atoms with Crippen LogP contribution in [0.25, 0.3) is 0 Å². The van der Waals surface area contributed by atoms with E-state index in [1.165, 1.54) is 0 Å². The molecule has 7 rings (SSSR count). The summed E-state index contributed by atoms with van der Waals surface area (Å²) in [5.41, 5.74) is 3.71. The van der Waals surface area contributed by atoms with Crippen LogP contribution in [0.2, 0.25) is 0 Å². The van der Waals surface area contributed by atoms with Gasteiger partial charge in [-0.1, -0.05) is 76.5 Å². The van der Waals surface area contributed by atoms with Crippen molar-refractivity contribution in [2.24, 2.45) is 30.0 Å². The van der Waals surface area contributed by atoms with E-state index in [-0.39, 0.29) is 70.5 Å². The summed E-state index contributed by atoms with van der Waals surface area (Å²) in [6.07, 6.45) is 22.3. The van der Waals surface area contributed by atoms with Gasteiger partial charge in [-0.15, -0.1) is 17.0 Å². The van der Waals surface area contributed by atoms with Crippen LogP contribution in [0, 0.1) is 0 Å². The van der Waals surface area contributed by atoms with Crippen molar-refractivity contribution >= 4 is 86.1 Å². The van der Waals surface area contributed by atoms with Gasteiger partial charge in [0.25, 0.3) is 0 Å². The number of aromatic hydroxyl groups is 3. The van der Waals surface area contributed by atoms with E-state index in [0.717, 1.165) is 86.0 Å². The normalized spacial score (nSPS) is 25.8. The number of nitrogens with zero attached hydrogens (tertiary/aromatic N) is 6. The first-order valence-corrected chi connectivity index (χ1v) is 20.5. The lowest BCUT2D eigenvalue weighted by molar-refractivity contribution is 0.389. The van der Waals surface area contributed by atoms with Crippen LogP contribution in [0.3, 0.4) is 0 Å². The van der Waals surface area contributed by atoms with Crippen LogP contribution in [-0.4, -0.2) is 88.9 Å². The number of aliphatic imine (C=N–C) groups is 6. The monoisotopic (exact) mass is 920 g/mol. The second-order valence-corrected chi connectivity index (χ2v) is 16.4. The van der Waals surface area contributed by atoms with Gasteiger partial charge in [-0.25, -0.2) is 0 Å². The lowest BCUT2D eigenvalue weighted by Crippen LogP contribution is -2.27. The van der Waals surface area contributed by atoms with E-state index in [0.29, 0.717) is 33.4 Å². The molecule has 0 amide bonds. The SMILES string of the molecule is Br.Oc1c2cccc1C=NC1CCCCC1N=Cc1cc(Br)cc(c1O)C=NC1CCCCC1N=Cc1cc(Br)cc(c1O)C=NC1CCCCC1N=C2. The van der Waals surface area contributed by atoms with Crippen molar-refractivity contribution in [3.8, 4) is 17.2 Å². The van der Waals surface area contributed by atoms with Crippen LogP contribution in [0.4, 0.5) is 0 Å². The average molecular weight is 924 g/mol. The Morgan fingerprint density at radius 3 is 0.870 bits per heavy atom. The summed E-state index contributed by atoms with van der Waals surface area (Å²) in [6, 6.07) is 12.8. The fourth-order valence-electron chi connectivity index (χ4n) is 7.84. The predicted molar refractivity (Wildman–Crippen MR) is 234 cm³/mol. The fraction of sp³-hybridized carbons (Fsp3) is 0.429. The number of rotatable bonds is 0. The molecular formula is C42H47Br3N6O3. The molecule has 3 N–H and O–H groups in total. The summed E-state index contributed by atoms with van der Waals surface area (Å²) < 4.78 is 1.64. The lowest BCUT2D eigenvalue weighted by Gasteiger charge is -2.26. The van der Waals surface area contributed by atoms with Crippen LogP contribution in [0.15, 0.2) is 81.4 Å². The number of phenols is 3. The molecule has 4 aliphatic rings. The van der Waals surface area contributed by atoms with E-state index in [1.54, 1.807) is 37.3 Å². The molecule has 6 atom stereocenters. The third-order valence-electron chi connectivity index (χ3n) is 10.9. The Balaban J connectivity index is 0.00000497. The minimum absolute atomic E-state index is 0. The molecule has 0 spiro atoms. The minimum atomic E-state index is -0.0576. The predicted octanol–water partition coefficient (Wildman–Crippen LogP) is 9.77. The van der Waals surface area contributed by atoms with Gasteiger partial charge in [-0.3, -0.25) is 30.0 Å². The molecule has 6 bridgehead atoms. The number of para-hydroxylation sites is 1. The highest BCUT2D eigenvalue weighted by atomic mass is 79.9. The summed E-state index contributed by atoms with van der Waals surface area (Å²) in [7, 11) is 0. The first-order chi connectivity index (χ1) is 25.8. The molecule has 3 fully saturated rings. The highest BCUT2D eigenvalue weighted by Crippen LogP contribution is 2.32. The molecule has 9 nitrogen and oxygen atoms in total. The molecule has 12 heteroatoms. The Hall–Kier alpha value is -3.48. The number of hydrogen-bond donors (Lipinski definition) is 3. The Morgan fingerprint density at radius 1 is 0.389 bits per heavy atom. The molecule has 1 aliphatic heterocycles. The zero-order chi connectivity index (χ0) is 36.7. The van der Waals surface area contributed by atoms with Crippen molar-refractivity contribution in [1.29, 1.82) is 0 Å². The first-order valence-electron chi connectivity index (χ1n) is 18.9. The van der Waals surface area contributed by atoms with E-state index in [4.69, 9.17) is 30.0 Å². The second kappa shape index (κ2) is 18.9. The summed E-state index contributed by atoms with van der Waals surface area (Å²) in [5.74, 6) is 0.396. The van der Waals surface area contributed by atoms with Crippen LogP contribution in [-0.2, 0) is 0 Å². The topological polar surface area (TPSA) is 135 Å². The highest BCUT2D eigenvalue weighted by molar-refractivity contribution is 9.10. The number of benzene rings is 3. The molecule has 54 heavy (non-hydrogen) atoms. The molecule has 1 heterocycles. The maximum atomic E-state index is 11.4. The quantitative estimate of drug-likeness (QED) is 0.207. The summed E-state index contributed by atoms with van der Waals surface area (Å²) in [6.45, 7) is 0. The average Bonchev–Trinajstić information content (AvgIpc) is 3.17. The molecule has 0 radical (unpaired) electrons. The highest BCUT2D eigenvalue weighted by Gasteiger charge is 2.26. The zero-order valence-electron chi connectivity index (χ0n) is 30.1. The molecule has 3 aromatic rings.